The van der Waals surface area contributed by atoms with Crippen LogP contribution >= 0.6 is 0 Å². The Labute approximate surface area is 103 Å². The molecule has 0 spiro atoms. The molecule has 1 aromatic rings. The van der Waals surface area contributed by atoms with E-state index in [4.69, 9.17) is 16.5 Å². The predicted octanol–water partition coefficient (Wildman–Crippen LogP) is 3.11. The fourth-order valence-electron chi connectivity index (χ4n) is 1.08. The number of hydrogen-bond donors (Lipinski definition) is 1. The highest BCUT2D eigenvalue weighted by Crippen LogP contribution is 2.17. The molecule has 0 heterocycles. The molecule has 0 unspecified atom stereocenters. The summed E-state index contributed by atoms with van der Waals surface area (Å²) in [6.07, 6.45) is -17.8. The van der Waals surface area contributed by atoms with E-state index < -0.39 is 44.4 Å². The van der Waals surface area contributed by atoms with E-state index in [0.717, 1.165) is 0 Å². The molecule has 1 aromatic carbocycles. The summed E-state index contributed by atoms with van der Waals surface area (Å²) in [4.78, 5) is 0. The quantitative estimate of drug-likeness (QED) is 0.792. The Balaban J connectivity index is 2.67. The van der Waals surface area contributed by atoms with Gasteiger partial charge >= 0.3 is 0 Å². The zero-order valence-electron chi connectivity index (χ0n) is 19.5. The van der Waals surface area contributed by atoms with Crippen molar-refractivity contribution in [1.82, 2.24) is 5.31 Å². The van der Waals surface area contributed by atoms with Crippen molar-refractivity contribution in [2.45, 2.75) is 44.4 Å². The fourth-order valence-corrected chi connectivity index (χ4v) is 1.08. The first-order valence-corrected chi connectivity index (χ1v) is 4.30. The minimum absolute atomic E-state index is 0.160. The van der Waals surface area contributed by atoms with Crippen molar-refractivity contribution in [2.75, 3.05) is 0 Å². The van der Waals surface area contributed by atoms with Crippen LogP contribution in [0, 0.1) is 0 Å². The second-order valence-electron chi connectivity index (χ2n) is 2.78. The normalized spacial score (nSPS) is 51.5. The SMILES string of the molecule is [2H]N(Cc1ccccc1)C1([2H])C([2H])([2H])C([2H])([2H])C([2H])([2H])C([2H])([2H])C1([2H])[2H]. The summed E-state index contributed by atoms with van der Waals surface area (Å²) in [6.45, 7) is -0.474. The topological polar surface area (TPSA) is 12.0 Å². The molecule has 0 aromatic heterocycles. The Bertz CT molecular complexity index is 641. The van der Waals surface area contributed by atoms with Gasteiger partial charge in [-0.2, -0.15) is 0 Å². The number of benzene rings is 1. The molecule has 0 radical (unpaired) electrons. The van der Waals surface area contributed by atoms with Gasteiger partial charge in [0.1, 0.15) is 1.41 Å². The summed E-state index contributed by atoms with van der Waals surface area (Å²) in [5, 5.41) is 0.160. The van der Waals surface area contributed by atoms with Crippen LogP contribution in [-0.4, -0.2) is 6.02 Å². The number of nitrogens with one attached hydrogen (secondary N) is 1. The molecule has 2 rings (SSSR count). The van der Waals surface area contributed by atoms with E-state index in [9.17, 15) is 0 Å². The molecule has 0 amide bonds. The summed E-state index contributed by atoms with van der Waals surface area (Å²) in [5.74, 6) is 0. The molecule has 1 aliphatic rings. The van der Waals surface area contributed by atoms with E-state index in [1.54, 1.807) is 30.3 Å². The lowest BCUT2D eigenvalue weighted by molar-refractivity contribution is 0.372. The standard InChI is InChI=1S/C13H19N/c1-3-7-12(8-4-1)11-14-13-9-5-2-6-10-13/h1,3-4,7-8,13-14H,2,5-6,9-11H2/i2D2,5D2,6D2,9D2,10D2,13D/hD. The van der Waals surface area contributed by atoms with Crippen LogP contribution in [0.25, 0.3) is 0 Å². The van der Waals surface area contributed by atoms with E-state index >= 15 is 0 Å². The van der Waals surface area contributed by atoms with Gasteiger partial charge in [-0.1, -0.05) is 49.5 Å². The van der Waals surface area contributed by atoms with Gasteiger partial charge in [-0.25, -0.2) is 0 Å². The molecule has 1 heteroatoms. The maximum Gasteiger partial charge on any atom is 0.123 e. The minimum Gasteiger partial charge on any atom is -0.310 e. The molecule has 1 fully saturated rings. The van der Waals surface area contributed by atoms with Gasteiger partial charge < -0.3 is 5.31 Å². The largest absolute Gasteiger partial charge is 0.310 e. The third kappa shape index (κ3) is 2.85. The summed E-state index contributed by atoms with van der Waals surface area (Å²) in [6, 6.07) is 4.62. The van der Waals surface area contributed by atoms with Crippen LogP contribution in [0.5, 0.6) is 0 Å². The fraction of sp³-hybridized carbons (Fsp3) is 0.538. The van der Waals surface area contributed by atoms with Crippen LogP contribution in [0.2, 0.25) is 1.41 Å². The van der Waals surface area contributed by atoms with Crippen molar-refractivity contribution < 1.29 is 16.5 Å². The molecular formula is C13H19N. The van der Waals surface area contributed by atoms with E-state index in [1.165, 1.54) is 0 Å². The molecular weight excluding hydrogens is 170 g/mol. The van der Waals surface area contributed by atoms with Gasteiger partial charge in [0.05, 0.1) is 0 Å². The Hall–Kier alpha value is -0.820. The summed E-state index contributed by atoms with van der Waals surface area (Å²) in [5.41, 5.74) is 0.412. The van der Waals surface area contributed by atoms with Crippen molar-refractivity contribution in [3.8, 4) is 0 Å². The predicted molar refractivity (Wildman–Crippen MR) is 60.2 cm³/mol. The van der Waals surface area contributed by atoms with Crippen molar-refractivity contribution in [3.63, 3.8) is 0 Å². The molecule has 1 N–H and O–H groups in total. The van der Waals surface area contributed by atoms with Crippen LogP contribution in [0.3, 0.4) is 0 Å². The Morgan fingerprint density at radius 1 is 1.29 bits per heavy atom. The highest BCUT2D eigenvalue weighted by atomic mass is 14.9. The molecule has 1 saturated carbocycles. The maximum absolute atomic E-state index is 8.41. The van der Waals surface area contributed by atoms with Crippen LogP contribution in [-0.2, 0) is 6.54 Å². The Kier molecular flexibility index (Phi) is 1.05. The molecule has 0 saturated heterocycles. The van der Waals surface area contributed by atoms with Crippen LogP contribution < -0.4 is 5.31 Å². The second-order valence-corrected chi connectivity index (χ2v) is 2.78. The molecule has 1 aliphatic carbocycles. The van der Waals surface area contributed by atoms with Gasteiger partial charge in [0.25, 0.3) is 0 Å². The zero-order chi connectivity index (χ0) is 20.4. The minimum atomic E-state index is -3.58. The van der Waals surface area contributed by atoms with Crippen molar-refractivity contribution >= 4 is 0 Å². The second kappa shape index (κ2) is 5.16. The lowest BCUT2D eigenvalue weighted by atomic mass is 9.95. The van der Waals surface area contributed by atoms with E-state index in [0.29, 0.717) is 5.56 Å². The van der Waals surface area contributed by atoms with Gasteiger partial charge in [-0.15, -0.1) is 0 Å². The molecule has 0 aliphatic heterocycles. The highest BCUT2D eigenvalue weighted by Gasteiger charge is 2.11. The van der Waals surface area contributed by atoms with Gasteiger partial charge in [0, 0.05) is 27.6 Å². The van der Waals surface area contributed by atoms with Crippen molar-refractivity contribution in [1.29, 1.82) is 0 Å². The Morgan fingerprint density at radius 3 is 2.71 bits per heavy atom. The average Bonchev–Trinajstić information content (AvgIpc) is 2.52. The molecule has 76 valence electrons. The monoisotopic (exact) mass is 201 g/mol. The first kappa shape index (κ1) is 2.85. The van der Waals surface area contributed by atoms with Gasteiger partial charge in [-0.05, 0) is 18.3 Å². The van der Waals surface area contributed by atoms with E-state index in [-0.39, 0.29) is 5.31 Å². The Morgan fingerprint density at radius 2 is 2.00 bits per heavy atom. The van der Waals surface area contributed by atoms with Crippen LogP contribution in [0.1, 0.15) is 52.5 Å². The number of hydrogen-bond acceptors (Lipinski definition) is 1. The smallest absolute Gasteiger partial charge is 0.123 e. The maximum atomic E-state index is 8.41. The summed E-state index contributed by atoms with van der Waals surface area (Å²) in [7, 11) is 0. The lowest BCUT2D eigenvalue weighted by Crippen LogP contribution is -2.30. The molecule has 0 atom stereocenters. The van der Waals surface area contributed by atoms with Gasteiger partial charge in [0.15, 0.2) is 0 Å². The van der Waals surface area contributed by atoms with E-state index in [1.807, 2.05) is 0 Å². The summed E-state index contributed by atoms with van der Waals surface area (Å²) < 4.78 is 95.8. The van der Waals surface area contributed by atoms with Crippen LogP contribution in [0.4, 0.5) is 0 Å². The molecule has 1 nitrogen and oxygen atoms in total. The summed E-state index contributed by atoms with van der Waals surface area (Å²) >= 11 is 0. The van der Waals surface area contributed by atoms with Gasteiger partial charge in [0.2, 0.25) is 0 Å². The van der Waals surface area contributed by atoms with Gasteiger partial charge in [-0.3, -0.25) is 0 Å². The van der Waals surface area contributed by atoms with Crippen LogP contribution in [0.15, 0.2) is 30.3 Å². The van der Waals surface area contributed by atoms with Crippen molar-refractivity contribution in [2.24, 2.45) is 0 Å². The number of rotatable bonds is 3. The zero-order valence-corrected chi connectivity index (χ0v) is 7.54. The lowest BCUT2D eigenvalue weighted by Gasteiger charge is -2.22. The first-order chi connectivity index (χ1) is 11.5. The first-order valence-electron chi connectivity index (χ1n) is 10.3. The third-order valence-electron chi connectivity index (χ3n) is 1.75. The van der Waals surface area contributed by atoms with E-state index in [2.05, 4.69) is 0 Å². The average molecular weight is 201 g/mol. The molecule has 14 heavy (non-hydrogen) atoms. The molecule has 0 bridgehead atoms. The van der Waals surface area contributed by atoms with Crippen molar-refractivity contribution in [3.05, 3.63) is 35.9 Å². The third-order valence-corrected chi connectivity index (χ3v) is 1.75. The highest BCUT2D eigenvalue weighted by molar-refractivity contribution is 5.14.